The molecule has 1 fully saturated rings. The van der Waals surface area contributed by atoms with Gasteiger partial charge in [-0.05, 0) is 19.1 Å². The van der Waals surface area contributed by atoms with Crippen LogP contribution in [0.15, 0.2) is 24.3 Å². The van der Waals surface area contributed by atoms with Crippen molar-refractivity contribution in [3.63, 3.8) is 0 Å². The number of carbonyl (C=O) groups excluding carboxylic acids is 3. The Kier molecular flexibility index (Phi) is 6.00. The fraction of sp³-hybridized carbons (Fsp3) is 0.500. The lowest BCUT2D eigenvalue weighted by Gasteiger charge is -2.34. The van der Waals surface area contributed by atoms with E-state index < -0.39 is 12.1 Å². The first-order chi connectivity index (χ1) is 13.1. The van der Waals surface area contributed by atoms with Crippen LogP contribution in [0.1, 0.15) is 6.92 Å². The van der Waals surface area contributed by atoms with Crippen LogP contribution < -0.4 is 9.47 Å². The second-order valence-corrected chi connectivity index (χ2v) is 6.04. The molecular weight excluding hydrogens is 356 g/mol. The van der Waals surface area contributed by atoms with Crippen LogP contribution in [-0.2, 0) is 19.1 Å². The molecule has 3 rings (SSSR count). The van der Waals surface area contributed by atoms with Crippen molar-refractivity contribution in [1.29, 1.82) is 0 Å². The molecule has 1 aromatic carbocycles. The van der Waals surface area contributed by atoms with E-state index in [0.29, 0.717) is 44.3 Å². The van der Waals surface area contributed by atoms with Crippen molar-refractivity contribution in [1.82, 2.24) is 9.80 Å². The number of piperazine rings is 1. The van der Waals surface area contributed by atoms with E-state index in [4.69, 9.17) is 18.9 Å². The number of fused-ring (bicyclic) bond motifs is 1. The van der Waals surface area contributed by atoms with Gasteiger partial charge in [0, 0.05) is 26.2 Å². The molecular formula is C18H22N2O7. The number of ether oxygens (including phenoxy) is 4. The monoisotopic (exact) mass is 378 g/mol. The highest BCUT2D eigenvalue weighted by Crippen LogP contribution is 2.31. The Morgan fingerprint density at radius 2 is 1.70 bits per heavy atom. The van der Waals surface area contributed by atoms with Crippen molar-refractivity contribution >= 4 is 18.0 Å². The van der Waals surface area contributed by atoms with E-state index in [1.54, 1.807) is 41.0 Å². The third kappa shape index (κ3) is 4.60. The Balaban J connectivity index is 1.42. The number of benzene rings is 1. The highest BCUT2D eigenvalue weighted by molar-refractivity contribution is 5.82. The summed E-state index contributed by atoms with van der Waals surface area (Å²) in [5.41, 5.74) is 0. The van der Waals surface area contributed by atoms with Crippen LogP contribution in [0.4, 0.5) is 4.79 Å². The van der Waals surface area contributed by atoms with Crippen molar-refractivity contribution in [3.05, 3.63) is 24.3 Å². The second kappa shape index (κ2) is 8.61. The maximum absolute atomic E-state index is 12.2. The number of esters is 1. The third-order valence-corrected chi connectivity index (χ3v) is 4.27. The molecule has 27 heavy (non-hydrogen) atoms. The summed E-state index contributed by atoms with van der Waals surface area (Å²) in [6.45, 7) is 3.21. The van der Waals surface area contributed by atoms with Gasteiger partial charge in [-0.2, -0.15) is 0 Å². The lowest BCUT2D eigenvalue weighted by molar-refractivity contribution is -0.160. The molecule has 1 atom stereocenters. The zero-order chi connectivity index (χ0) is 19.2. The summed E-state index contributed by atoms with van der Waals surface area (Å²) in [7, 11) is 0. The van der Waals surface area contributed by atoms with E-state index >= 15 is 0 Å². The summed E-state index contributed by atoms with van der Waals surface area (Å²) >= 11 is 0. The van der Waals surface area contributed by atoms with Crippen LogP contribution in [0.5, 0.6) is 11.5 Å². The fourth-order valence-corrected chi connectivity index (χ4v) is 2.81. The molecule has 2 aliphatic rings. The van der Waals surface area contributed by atoms with Crippen molar-refractivity contribution < 1.29 is 33.3 Å². The van der Waals surface area contributed by atoms with E-state index in [-0.39, 0.29) is 25.2 Å². The van der Waals surface area contributed by atoms with Crippen LogP contribution >= 0.6 is 0 Å². The van der Waals surface area contributed by atoms with Crippen LogP contribution in [0.2, 0.25) is 0 Å². The average Bonchev–Trinajstić information content (AvgIpc) is 2.71. The smallest absolute Gasteiger partial charge is 0.409 e. The molecule has 0 aromatic heterocycles. The minimum atomic E-state index is -0.909. The summed E-state index contributed by atoms with van der Waals surface area (Å²) in [5, 5.41) is 0. The number of hydrogen-bond acceptors (Lipinski definition) is 7. The molecule has 2 amide bonds. The van der Waals surface area contributed by atoms with Crippen LogP contribution in [0.25, 0.3) is 0 Å². The molecule has 1 unspecified atom stereocenters. The van der Waals surface area contributed by atoms with E-state index in [9.17, 15) is 14.4 Å². The quantitative estimate of drug-likeness (QED) is 0.711. The van der Waals surface area contributed by atoms with Crippen molar-refractivity contribution in [2.75, 3.05) is 46.0 Å². The van der Waals surface area contributed by atoms with Gasteiger partial charge < -0.3 is 28.7 Å². The fourth-order valence-electron chi connectivity index (χ4n) is 2.81. The summed E-state index contributed by atoms with van der Waals surface area (Å²) in [4.78, 5) is 39.1. The van der Waals surface area contributed by atoms with Gasteiger partial charge >= 0.3 is 12.1 Å². The Morgan fingerprint density at radius 1 is 1.04 bits per heavy atom. The lowest BCUT2D eigenvalue weighted by atomic mass is 10.2. The average molecular weight is 378 g/mol. The SMILES string of the molecule is CCOC(=O)N1CCN(C(=O)COC(=O)C2COc3ccccc3O2)CC1. The van der Waals surface area contributed by atoms with E-state index in [1.807, 2.05) is 0 Å². The highest BCUT2D eigenvalue weighted by atomic mass is 16.6. The number of carbonyl (C=O) groups is 3. The number of nitrogens with zero attached hydrogens (tertiary/aromatic N) is 2. The van der Waals surface area contributed by atoms with Gasteiger partial charge in [-0.1, -0.05) is 12.1 Å². The molecule has 0 saturated carbocycles. The standard InChI is InChI=1S/C18H22N2O7/c1-2-24-18(23)20-9-7-19(8-10-20)16(21)12-26-17(22)15-11-25-13-5-3-4-6-14(13)27-15/h3-6,15H,2,7-12H2,1H3. The Bertz CT molecular complexity index is 701. The van der Waals surface area contributed by atoms with Gasteiger partial charge in [-0.3, -0.25) is 4.79 Å². The summed E-state index contributed by atoms with van der Waals surface area (Å²) in [6.07, 6.45) is -1.29. The molecule has 0 bridgehead atoms. The molecule has 9 nitrogen and oxygen atoms in total. The van der Waals surface area contributed by atoms with E-state index in [1.165, 1.54) is 0 Å². The largest absolute Gasteiger partial charge is 0.485 e. The number of amides is 2. The van der Waals surface area contributed by atoms with Gasteiger partial charge in [0.15, 0.2) is 18.1 Å². The number of rotatable bonds is 4. The first kappa shape index (κ1) is 18.8. The summed E-state index contributed by atoms with van der Waals surface area (Å²) in [6, 6.07) is 7.02. The molecule has 1 saturated heterocycles. The normalized spacial score (nSPS) is 18.6. The van der Waals surface area contributed by atoms with Crippen LogP contribution in [0, 0.1) is 0 Å². The first-order valence-electron chi connectivity index (χ1n) is 8.83. The Morgan fingerprint density at radius 3 is 2.41 bits per heavy atom. The topological polar surface area (TPSA) is 94.6 Å². The molecule has 146 valence electrons. The zero-order valence-electron chi connectivity index (χ0n) is 15.1. The molecule has 9 heteroatoms. The summed E-state index contributed by atoms with van der Waals surface area (Å²) < 4.78 is 21.0. The van der Waals surface area contributed by atoms with E-state index in [0.717, 1.165) is 0 Å². The van der Waals surface area contributed by atoms with Crippen LogP contribution in [0.3, 0.4) is 0 Å². The van der Waals surface area contributed by atoms with Gasteiger partial charge in [-0.15, -0.1) is 0 Å². The van der Waals surface area contributed by atoms with Gasteiger partial charge in [0.1, 0.15) is 6.61 Å². The molecule has 0 spiro atoms. The molecule has 1 aromatic rings. The van der Waals surface area contributed by atoms with Gasteiger partial charge in [0.2, 0.25) is 6.10 Å². The van der Waals surface area contributed by atoms with Crippen molar-refractivity contribution in [2.24, 2.45) is 0 Å². The summed E-state index contributed by atoms with van der Waals surface area (Å²) in [5.74, 6) is 0.0659. The minimum Gasteiger partial charge on any atom is -0.485 e. The molecule has 2 aliphatic heterocycles. The zero-order valence-corrected chi connectivity index (χ0v) is 15.1. The van der Waals surface area contributed by atoms with Gasteiger partial charge in [-0.25, -0.2) is 9.59 Å². The lowest BCUT2D eigenvalue weighted by Crippen LogP contribution is -2.51. The molecule has 0 N–H and O–H groups in total. The Hall–Kier alpha value is -2.97. The number of hydrogen-bond donors (Lipinski definition) is 0. The Labute approximate surface area is 156 Å². The second-order valence-electron chi connectivity index (χ2n) is 6.04. The van der Waals surface area contributed by atoms with Crippen LogP contribution in [-0.4, -0.2) is 79.9 Å². The molecule has 2 heterocycles. The molecule has 0 radical (unpaired) electrons. The first-order valence-corrected chi connectivity index (χ1v) is 8.83. The highest BCUT2D eigenvalue weighted by Gasteiger charge is 2.30. The number of para-hydroxylation sites is 2. The molecule has 0 aliphatic carbocycles. The maximum Gasteiger partial charge on any atom is 0.409 e. The van der Waals surface area contributed by atoms with Crippen molar-refractivity contribution in [3.8, 4) is 11.5 Å². The predicted molar refractivity (Wildman–Crippen MR) is 92.5 cm³/mol. The van der Waals surface area contributed by atoms with E-state index in [2.05, 4.69) is 0 Å². The van der Waals surface area contributed by atoms with Gasteiger partial charge in [0.25, 0.3) is 5.91 Å². The van der Waals surface area contributed by atoms with Gasteiger partial charge in [0.05, 0.1) is 6.61 Å². The minimum absolute atomic E-state index is 0.0300. The third-order valence-electron chi connectivity index (χ3n) is 4.27. The maximum atomic E-state index is 12.2. The van der Waals surface area contributed by atoms with Crippen molar-refractivity contribution in [2.45, 2.75) is 13.0 Å². The predicted octanol–water partition coefficient (Wildman–Crippen LogP) is 0.670.